The second-order valence-corrected chi connectivity index (χ2v) is 7.60. The molecule has 4 heteroatoms. The first-order chi connectivity index (χ1) is 9.75. The fourth-order valence-electron chi connectivity index (χ4n) is 4.23. The van der Waals surface area contributed by atoms with E-state index in [4.69, 9.17) is 16.3 Å². The van der Waals surface area contributed by atoms with E-state index < -0.39 is 5.97 Å². The zero-order valence-electron chi connectivity index (χ0n) is 12.6. The Labute approximate surface area is 130 Å². The number of carboxylic acids is 1. The van der Waals surface area contributed by atoms with E-state index in [2.05, 4.69) is 20.8 Å². The zero-order chi connectivity index (χ0) is 15.4. The van der Waals surface area contributed by atoms with Crippen LogP contribution in [0.4, 0.5) is 0 Å². The van der Waals surface area contributed by atoms with Gasteiger partial charge in [-0.1, -0.05) is 32.4 Å². The number of benzene rings is 1. The summed E-state index contributed by atoms with van der Waals surface area (Å²) in [5, 5.41) is 9.74. The lowest BCUT2D eigenvalue weighted by Gasteiger charge is -2.39. The molecular formula is C17H21ClO3. The zero-order valence-corrected chi connectivity index (χ0v) is 13.4. The molecule has 1 aromatic rings. The molecule has 114 valence electrons. The fourth-order valence-corrected chi connectivity index (χ4v) is 4.41. The lowest BCUT2D eigenvalue weighted by molar-refractivity contribution is 0.0288. The Hall–Kier alpha value is -1.22. The number of halogens is 1. The predicted molar refractivity (Wildman–Crippen MR) is 82.1 cm³/mol. The number of ether oxygens (including phenoxy) is 1. The minimum absolute atomic E-state index is 0.0746. The van der Waals surface area contributed by atoms with Crippen molar-refractivity contribution in [3.8, 4) is 5.75 Å². The summed E-state index contributed by atoms with van der Waals surface area (Å²) >= 11 is 5.89. The number of hydrogen-bond donors (Lipinski definition) is 1. The van der Waals surface area contributed by atoms with Crippen LogP contribution >= 0.6 is 11.6 Å². The van der Waals surface area contributed by atoms with Crippen molar-refractivity contribution in [1.29, 1.82) is 0 Å². The van der Waals surface area contributed by atoms with Crippen LogP contribution in [0.15, 0.2) is 18.2 Å². The van der Waals surface area contributed by atoms with Gasteiger partial charge in [-0.3, -0.25) is 0 Å². The van der Waals surface area contributed by atoms with E-state index in [1.807, 2.05) is 0 Å². The number of hydrogen-bond acceptors (Lipinski definition) is 2. The maximum atomic E-state index is 11.4. The van der Waals surface area contributed by atoms with Crippen LogP contribution < -0.4 is 4.74 Å². The van der Waals surface area contributed by atoms with Gasteiger partial charge < -0.3 is 9.84 Å². The Balaban J connectivity index is 1.91. The Kier molecular flexibility index (Phi) is 3.25. The smallest absolute Gasteiger partial charge is 0.339 e. The standard InChI is InChI=1S/C17H21ClO3/c1-16(2)10-6-7-17(16,3)14(8-10)21-13-5-4-11(18)9-12(13)15(19)20/h4-5,9-10,14H,6-8H2,1-3H3,(H,19,20). The summed E-state index contributed by atoms with van der Waals surface area (Å²) in [5.41, 5.74) is 0.493. The summed E-state index contributed by atoms with van der Waals surface area (Å²) in [4.78, 5) is 11.4. The van der Waals surface area contributed by atoms with Crippen molar-refractivity contribution in [1.82, 2.24) is 0 Å². The summed E-state index contributed by atoms with van der Waals surface area (Å²) in [6.07, 6.45) is 3.47. The molecule has 2 aliphatic rings. The van der Waals surface area contributed by atoms with Gasteiger partial charge in [-0.2, -0.15) is 0 Å². The van der Waals surface area contributed by atoms with Crippen molar-refractivity contribution in [2.45, 2.75) is 46.1 Å². The van der Waals surface area contributed by atoms with Gasteiger partial charge in [-0.15, -0.1) is 0 Å². The Bertz CT molecular complexity index is 596. The largest absolute Gasteiger partial charge is 0.489 e. The van der Waals surface area contributed by atoms with E-state index in [0.29, 0.717) is 16.7 Å². The first kappa shape index (κ1) is 14.7. The molecule has 0 aromatic heterocycles. The highest BCUT2D eigenvalue weighted by atomic mass is 35.5. The molecule has 1 aromatic carbocycles. The third-order valence-corrected chi connectivity index (χ3v) is 6.39. The van der Waals surface area contributed by atoms with Gasteiger partial charge in [0.15, 0.2) is 0 Å². The van der Waals surface area contributed by atoms with Crippen molar-refractivity contribution >= 4 is 17.6 Å². The van der Waals surface area contributed by atoms with Gasteiger partial charge in [-0.05, 0) is 48.8 Å². The minimum atomic E-state index is -1.000. The molecule has 0 saturated heterocycles. The lowest BCUT2D eigenvalue weighted by Crippen LogP contribution is -2.39. The van der Waals surface area contributed by atoms with Crippen molar-refractivity contribution in [2.75, 3.05) is 0 Å². The molecule has 1 N–H and O–H groups in total. The van der Waals surface area contributed by atoms with Crippen LogP contribution in [0.2, 0.25) is 5.02 Å². The molecule has 2 saturated carbocycles. The van der Waals surface area contributed by atoms with Crippen LogP contribution in [0.5, 0.6) is 5.75 Å². The van der Waals surface area contributed by atoms with Crippen molar-refractivity contribution in [3.05, 3.63) is 28.8 Å². The molecule has 0 spiro atoms. The second kappa shape index (κ2) is 4.64. The second-order valence-electron chi connectivity index (χ2n) is 7.16. The van der Waals surface area contributed by atoms with Crippen molar-refractivity contribution in [2.24, 2.45) is 16.7 Å². The fraction of sp³-hybridized carbons (Fsp3) is 0.588. The molecule has 3 nitrogen and oxygen atoms in total. The summed E-state index contributed by atoms with van der Waals surface area (Å²) in [7, 11) is 0. The molecule has 0 radical (unpaired) electrons. The SMILES string of the molecule is CC1(C)C2CCC1(C)C(Oc1ccc(Cl)cc1C(=O)O)C2. The first-order valence-corrected chi connectivity index (χ1v) is 7.83. The molecule has 0 aliphatic heterocycles. The monoisotopic (exact) mass is 308 g/mol. The number of carbonyl (C=O) groups is 1. The van der Waals surface area contributed by atoms with Gasteiger partial charge in [-0.25, -0.2) is 4.79 Å². The van der Waals surface area contributed by atoms with Crippen molar-refractivity contribution < 1.29 is 14.6 Å². The van der Waals surface area contributed by atoms with Crippen LogP contribution in [-0.2, 0) is 0 Å². The van der Waals surface area contributed by atoms with Gasteiger partial charge in [0.25, 0.3) is 0 Å². The molecule has 3 atom stereocenters. The van der Waals surface area contributed by atoms with Crippen LogP contribution in [0.3, 0.4) is 0 Å². The van der Waals surface area contributed by atoms with E-state index in [9.17, 15) is 9.90 Å². The normalized spacial score (nSPS) is 33.1. The molecule has 2 bridgehead atoms. The van der Waals surface area contributed by atoms with Crippen molar-refractivity contribution in [3.63, 3.8) is 0 Å². The topological polar surface area (TPSA) is 46.5 Å². The minimum Gasteiger partial charge on any atom is -0.489 e. The Morgan fingerprint density at radius 1 is 1.38 bits per heavy atom. The molecule has 0 heterocycles. The van der Waals surface area contributed by atoms with E-state index >= 15 is 0 Å². The molecule has 3 unspecified atom stereocenters. The predicted octanol–water partition coefficient (Wildman–Crippen LogP) is 4.63. The van der Waals surface area contributed by atoms with E-state index in [-0.39, 0.29) is 22.5 Å². The van der Waals surface area contributed by atoms with E-state index in [0.717, 1.165) is 12.8 Å². The van der Waals surface area contributed by atoms with Crippen LogP contribution in [-0.4, -0.2) is 17.2 Å². The van der Waals surface area contributed by atoms with Gasteiger partial charge >= 0.3 is 5.97 Å². The van der Waals surface area contributed by atoms with Gasteiger partial charge in [0.05, 0.1) is 0 Å². The average molecular weight is 309 g/mol. The lowest BCUT2D eigenvalue weighted by atomic mass is 9.70. The highest BCUT2D eigenvalue weighted by Gasteiger charge is 2.62. The molecule has 3 rings (SSSR count). The third kappa shape index (κ3) is 2.05. The van der Waals surface area contributed by atoms with Gasteiger partial charge in [0, 0.05) is 10.4 Å². The maximum absolute atomic E-state index is 11.4. The summed E-state index contributed by atoms with van der Waals surface area (Å²) in [5.74, 6) is 0.0922. The van der Waals surface area contributed by atoms with Gasteiger partial charge in [0.2, 0.25) is 0 Å². The van der Waals surface area contributed by atoms with Crippen LogP contribution in [0.25, 0.3) is 0 Å². The molecular weight excluding hydrogens is 288 g/mol. The first-order valence-electron chi connectivity index (χ1n) is 7.45. The highest BCUT2D eigenvalue weighted by Crippen LogP contribution is 2.66. The number of rotatable bonds is 3. The van der Waals surface area contributed by atoms with Gasteiger partial charge in [0.1, 0.15) is 17.4 Å². The van der Waals surface area contributed by atoms with Crippen LogP contribution in [0.1, 0.15) is 50.4 Å². The summed E-state index contributed by atoms with van der Waals surface area (Å²) < 4.78 is 6.16. The maximum Gasteiger partial charge on any atom is 0.339 e. The molecule has 21 heavy (non-hydrogen) atoms. The number of carboxylic acid groups (broad SMARTS) is 1. The Morgan fingerprint density at radius 3 is 2.62 bits per heavy atom. The quantitative estimate of drug-likeness (QED) is 0.885. The average Bonchev–Trinajstić information content (AvgIpc) is 2.73. The van der Waals surface area contributed by atoms with E-state index in [1.165, 1.54) is 12.5 Å². The third-order valence-electron chi connectivity index (χ3n) is 6.16. The Morgan fingerprint density at radius 2 is 2.10 bits per heavy atom. The van der Waals surface area contributed by atoms with E-state index in [1.54, 1.807) is 12.1 Å². The number of fused-ring (bicyclic) bond motifs is 2. The molecule has 2 fully saturated rings. The van der Waals surface area contributed by atoms with Crippen LogP contribution in [0, 0.1) is 16.7 Å². The number of aromatic carboxylic acids is 1. The molecule has 2 aliphatic carbocycles. The highest BCUT2D eigenvalue weighted by molar-refractivity contribution is 6.31. The summed E-state index contributed by atoms with van der Waals surface area (Å²) in [6, 6.07) is 4.82. The summed E-state index contributed by atoms with van der Waals surface area (Å²) in [6.45, 7) is 6.91. The molecule has 0 amide bonds.